The molecule has 0 aliphatic heterocycles. The lowest BCUT2D eigenvalue weighted by atomic mass is 10.3. The van der Waals surface area contributed by atoms with E-state index in [9.17, 15) is 0 Å². The highest BCUT2D eigenvalue weighted by Gasteiger charge is 2.07. The summed E-state index contributed by atoms with van der Waals surface area (Å²) in [5, 5.41) is 7.42. The highest BCUT2D eigenvalue weighted by atomic mass is 35.5. The first-order valence-corrected chi connectivity index (χ1v) is 8.24. The van der Waals surface area contributed by atoms with Gasteiger partial charge in [0.25, 0.3) is 0 Å². The van der Waals surface area contributed by atoms with Gasteiger partial charge in [-0.2, -0.15) is 4.98 Å². The van der Waals surface area contributed by atoms with Gasteiger partial charge in [0.05, 0.1) is 15.7 Å². The van der Waals surface area contributed by atoms with Gasteiger partial charge in [-0.3, -0.25) is 0 Å². The number of aromatic nitrogens is 2. The largest absolute Gasteiger partial charge is 0.370 e. The summed E-state index contributed by atoms with van der Waals surface area (Å²) in [6.07, 6.45) is 3.93. The van der Waals surface area contributed by atoms with Crippen molar-refractivity contribution >= 4 is 40.7 Å². The molecule has 124 valence electrons. The van der Waals surface area contributed by atoms with Crippen LogP contribution in [-0.2, 0) is 0 Å². The summed E-state index contributed by atoms with van der Waals surface area (Å²) >= 11 is 12.3. The predicted octanol–water partition coefficient (Wildman–Crippen LogP) is 4.28. The molecule has 0 aliphatic carbocycles. The van der Waals surface area contributed by atoms with Gasteiger partial charge in [-0.1, -0.05) is 29.3 Å². The molecule has 1 aromatic carbocycles. The summed E-state index contributed by atoms with van der Waals surface area (Å²) in [5.74, 6) is 1.23. The molecule has 2 rings (SSSR count). The van der Waals surface area contributed by atoms with Crippen molar-refractivity contribution in [2.45, 2.75) is 12.8 Å². The van der Waals surface area contributed by atoms with Gasteiger partial charge in [0.2, 0.25) is 5.95 Å². The molecule has 2 aromatic rings. The lowest BCUT2D eigenvalue weighted by Crippen LogP contribution is -2.14. The first kappa shape index (κ1) is 17.8. The van der Waals surface area contributed by atoms with Crippen LogP contribution in [0, 0.1) is 0 Å². The maximum Gasteiger partial charge on any atom is 0.229 e. The van der Waals surface area contributed by atoms with Crippen LogP contribution in [0.15, 0.2) is 30.5 Å². The van der Waals surface area contributed by atoms with Crippen LogP contribution in [0.4, 0.5) is 17.5 Å². The first-order valence-electron chi connectivity index (χ1n) is 7.49. The second kappa shape index (κ2) is 8.91. The zero-order chi connectivity index (χ0) is 16.7. The fourth-order valence-corrected chi connectivity index (χ4v) is 2.51. The minimum atomic E-state index is 0.457. The summed E-state index contributed by atoms with van der Waals surface area (Å²) in [5.41, 5.74) is 0.610. The van der Waals surface area contributed by atoms with Crippen molar-refractivity contribution in [3.8, 4) is 0 Å². The van der Waals surface area contributed by atoms with E-state index in [1.54, 1.807) is 24.4 Å². The van der Waals surface area contributed by atoms with Gasteiger partial charge in [-0.25, -0.2) is 4.98 Å². The molecule has 7 heteroatoms. The van der Waals surface area contributed by atoms with E-state index >= 15 is 0 Å². The lowest BCUT2D eigenvalue weighted by molar-refractivity contribution is 0.396. The van der Waals surface area contributed by atoms with Crippen LogP contribution in [0.2, 0.25) is 10.0 Å². The van der Waals surface area contributed by atoms with E-state index in [1.165, 1.54) is 0 Å². The number of anilines is 3. The molecule has 0 bridgehead atoms. The Morgan fingerprint density at radius 3 is 2.52 bits per heavy atom. The molecule has 0 saturated carbocycles. The van der Waals surface area contributed by atoms with Gasteiger partial charge in [-0.15, -0.1) is 0 Å². The second-order valence-electron chi connectivity index (χ2n) is 5.42. The average molecular weight is 354 g/mol. The Labute approximate surface area is 147 Å². The SMILES string of the molecule is CN(C)CCCCNc1ccnc(Nc2c(Cl)cccc2Cl)n1. The number of nitrogens with one attached hydrogen (secondary N) is 2. The molecule has 0 spiro atoms. The molecule has 0 saturated heterocycles. The molecule has 1 aromatic heterocycles. The molecule has 0 unspecified atom stereocenters. The molecule has 0 atom stereocenters. The molecule has 0 fully saturated rings. The fourth-order valence-electron chi connectivity index (χ4n) is 2.02. The standard InChI is InChI=1S/C16H21Cl2N5/c1-23(2)11-4-3-9-19-14-8-10-20-16(21-14)22-15-12(17)6-5-7-13(15)18/h5-8,10H,3-4,9,11H2,1-2H3,(H2,19,20,21,22). The van der Waals surface area contributed by atoms with Crippen LogP contribution in [0.5, 0.6) is 0 Å². The van der Waals surface area contributed by atoms with E-state index in [4.69, 9.17) is 23.2 Å². The number of halogens is 2. The topological polar surface area (TPSA) is 53.1 Å². The molecule has 1 heterocycles. The molecular weight excluding hydrogens is 333 g/mol. The zero-order valence-electron chi connectivity index (χ0n) is 13.3. The van der Waals surface area contributed by atoms with E-state index in [-0.39, 0.29) is 0 Å². The van der Waals surface area contributed by atoms with E-state index in [0.717, 1.165) is 31.7 Å². The molecular formula is C16H21Cl2N5. The van der Waals surface area contributed by atoms with Crippen molar-refractivity contribution in [3.05, 3.63) is 40.5 Å². The molecule has 0 aliphatic rings. The maximum atomic E-state index is 6.14. The van der Waals surface area contributed by atoms with Crippen LogP contribution in [0.1, 0.15) is 12.8 Å². The predicted molar refractivity (Wildman–Crippen MR) is 98.1 cm³/mol. The number of hydrogen-bond donors (Lipinski definition) is 2. The van der Waals surface area contributed by atoms with Crippen LogP contribution in [-0.4, -0.2) is 42.1 Å². The Bertz CT molecular complexity index is 613. The maximum absolute atomic E-state index is 6.14. The van der Waals surface area contributed by atoms with E-state index < -0.39 is 0 Å². The second-order valence-corrected chi connectivity index (χ2v) is 6.24. The van der Waals surface area contributed by atoms with Gasteiger partial charge >= 0.3 is 0 Å². The summed E-state index contributed by atoms with van der Waals surface area (Å²) in [6, 6.07) is 7.17. The molecule has 2 N–H and O–H groups in total. The van der Waals surface area contributed by atoms with Gasteiger partial charge < -0.3 is 15.5 Å². The minimum Gasteiger partial charge on any atom is -0.370 e. The summed E-state index contributed by atoms with van der Waals surface area (Å²) in [7, 11) is 4.16. The van der Waals surface area contributed by atoms with Crippen LogP contribution in [0.3, 0.4) is 0 Å². The van der Waals surface area contributed by atoms with E-state index in [2.05, 4.69) is 39.6 Å². The summed E-state index contributed by atoms with van der Waals surface area (Å²) in [6.45, 7) is 1.96. The number of rotatable bonds is 8. The monoisotopic (exact) mass is 353 g/mol. The van der Waals surface area contributed by atoms with Gasteiger partial charge in [-0.05, 0) is 51.7 Å². The fraction of sp³-hybridized carbons (Fsp3) is 0.375. The average Bonchev–Trinajstić information content (AvgIpc) is 2.51. The zero-order valence-corrected chi connectivity index (χ0v) is 14.8. The third-order valence-electron chi connectivity index (χ3n) is 3.19. The quantitative estimate of drug-likeness (QED) is 0.693. The van der Waals surface area contributed by atoms with Crippen LogP contribution >= 0.6 is 23.2 Å². The summed E-state index contributed by atoms with van der Waals surface area (Å²) in [4.78, 5) is 10.8. The van der Waals surface area contributed by atoms with Crippen molar-refractivity contribution in [3.63, 3.8) is 0 Å². The van der Waals surface area contributed by atoms with Crippen LogP contribution in [0.25, 0.3) is 0 Å². The van der Waals surface area contributed by atoms with Crippen molar-refractivity contribution in [1.29, 1.82) is 0 Å². The molecule has 0 amide bonds. The van der Waals surface area contributed by atoms with Gasteiger partial charge in [0.1, 0.15) is 5.82 Å². The van der Waals surface area contributed by atoms with Crippen molar-refractivity contribution in [1.82, 2.24) is 14.9 Å². The Morgan fingerprint density at radius 2 is 1.83 bits per heavy atom. The van der Waals surface area contributed by atoms with Crippen molar-refractivity contribution in [2.24, 2.45) is 0 Å². The van der Waals surface area contributed by atoms with Crippen molar-refractivity contribution in [2.75, 3.05) is 37.8 Å². The highest BCUT2D eigenvalue weighted by molar-refractivity contribution is 6.39. The highest BCUT2D eigenvalue weighted by Crippen LogP contribution is 2.31. The third-order valence-corrected chi connectivity index (χ3v) is 3.82. The van der Waals surface area contributed by atoms with E-state index in [0.29, 0.717) is 21.7 Å². The number of para-hydroxylation sites is 1. The first-order chi connectivity index (χ1) is 11.1. The third kappa shape index (κ3) is 5.86. The van der Waals surface area contributed by atoms with E-state index in [1.807, 2.05) is 6.07 Å². The molecule has 0 radical (unpaired) electrons. The molecule has 23 heavy (non-hydrogen) atoms. The smallest absolute Gasteiger partial charge is 0.229 e. The normalized spacial score (nSPS) is 10.8. The molecule has 5 nitrogen and oxygen atoms in total. The Hall–Kier alpha value is -1.56. The number of nitrogens with zero attached hydrogens (tertiary/aromatic N) is 3. The number of unbranched alkanes of at least 4 members (excludes halogenated alkanes) is 1. The minimum absolute atomic E-state index is 0.457. The Morgan fingerprint density at radius 1 is 1.09 bits per heavy atom. The Kier molecular flexibility index (Phi) is 6.89. The summed E-state index contributed by atoms with van der Waals surface area (Å²) < 4.78 is 0. The van der Waals surface area contributed by atoms with Gasteiger partial charge in [0, 0.05) is 12.7 Å². The van der Waals surface area contributed by atoms with Crippen LogP contribution < -0.4 is 10.6 Å². The van der Waals surface area contributed by atoms with Crippen molar-refractivity contribution < 1.29 is 0 Å². The Balaban J connectivity index is 1.92. The number of hydrogen-bond acceptors (Lipinski definition) is 5. The lowest BCUT2D eigenvalue weighted by Gasteiger charge is -2.11. The number of benzene rings is 1. The van der Waals surface area contributed by atoms with Gasteiger partial charge in [0.15, 0.2) is 0 Å².